The van der Waals surface area contributed by atoms with E-state index in [0.29, 0.717) is 16.5 Å². The Morgan fingerprint density at radius 2 is 2.05 bits per heavy atom. The van der Waals surface area contributed by atoms with E-state index in [1.165, 1.54) is 18.0 Å². The Balaban J connectivity index is 2.07. The van der Waals surface area contributed by atoms with Gasteiger partial charge < -0.3 is 0 Å². The Morgan fingerprint density at radius 1 is 1.24 bits per heavy atom. The zero-order valence-corrected chi connectivity index (χ0v) is 12.6. The minimum atomic E-state index is 0.512. The van der Waals surface area contributed by atoms with Gasteiger partial charge in [0.2, 0.25) is 5.16 Å². The summed E-state index contributed by atoms with van der Waals surface area (Å²) in [7, 11) is 0. The summed E-state index contributed by atoms with van der Waals surface area (Å²) in [5.41, 5.74) is 3.58. The third kappa shape index (κ3) is 2.34. The van der Waals surface area contributed by atoms with Crippen molar-refractivity contribution in [3.05, 3.63) is 41.0 Å². The van der Waals surface area contributed by atoms with Crippen LogP contribution in [0.1, 0.15) is 22.5 Å². The quantitative estimate of drug-likeness (QED) is 0.722. The molecule has 0 N–H and O–H groups in total. The largest absolute Gasteiger partial charge is 0.263 e. The predicted octanol–water partition coefficient (Wildman–Crippen LogP) is 2.47. The molecule has 0 radical (unpaired) electrons. The van der Waals surface area contributed by atoms with E-state index < -0.39 is 0 Å². The molecule has 3 heterocycles. The molecule has 0 aliphatic rings. The van der Waals surface area contributed by atoms with Crippen LogP contribution in [0.15, 0.2) is 28.5 Å². The van der Waals surface area contributed by atoms with E-state index >= 15 is 0 Å². The molecule has 0 aliphatic heterocycles. The van der Waals surface area contributed by atoms with Crippen LogP contribution in [0, 0.1) is 32.1 Å². The minimum Gasteiger partial charge on any atom is -0.263 e. The Labute approximate surface area is 125 Å². The molecule has 3 rings (SSSR count). The van der Waals surface area contributed by atoms with Crippen molar-refractivity contribution in [2.75, 3.05) is 0 Å². The summed E-state index contributed by atoms with van der Waals surface area (Å²) in [5, 5.41) is 14.1. The van der Waals surface area contributed by atoms with E-state index in [1.807, 2.05) is 20.8 Å². The molecule has 3 aromatic heterocycles. The van der Waals surface area contributed by atoms with Gasteiger partial charge in [0.15, 0.2) is 0 Å². The number of pyridine rings is 1. The summed E-state index contributed by atoms with van der Waals surface area (Å²) in [6, 6.07) is 3.90. The molecule has 0 atom stereocenters. The maximum Gasteiger partial charge on any atom is 0.253 e. The Kier molecular flexibility index (Phi) is 3.31. The first-order valence-electron chi connectivity index (χ1n) is 6.32. The van der Waals surface area contributed by atoms with Gasteiger partial charge in [-0.25, -0.2) is 9.50 Å². The third-order valence-corrected chi connectivity index (χ3v) is 4.28. The second-order valence-electron chi connectivity index (χ2n) is 4.60. The summed E-state index contributed by atoms with van der Waals surface area (Å²) in [6.45, 7) is 5.97. The first-order valence-corrected chi connectivity index (χ1v) is 7.14. The van der Waals surface area contributed by atoms with E-state index in [0.717, 1.165) is 21.8 Å². The molecule has 0 aliphatic carbocycles. The van der Waals surface area contributed by atoms with Gasteiger partial charge in [-0.05, 0) is 44.2 Å². The molecular weight excluding hydrogens is 284 g/mol. The maximum absolute atomic E-state index is 9.09. The van der Waals surface area contributed by atoms with Crippen molar-refractivity contribution >= 4 is 17.5 Å². The average molecular weight is 296 g/mol. The molecular formula is C14H12N6S. The van der Waals surface area contributed by atoms with Crippen molar-refractivity contribution < 1.29 is 0 Å². The number of hydrogen-bond acceptors (Lipinski definition) is 6. The lowest BCUT2D eigenvalue weighted by Crippen LogP contribution is -2.02. The van der Waals surface area contributed by atoms with Crippen LogP contribution in [-0.2, 0) is 0 Å². The van der Waals surface area contributed by atoms with Crippen molar-refractivity contribution in [1.82, 2.24) is 24.6 Å². The molecule has 0 saturated carbocycles. The normalized spacial score (nSPS) is 10.8. The number of aryl methyl sites for hydroxylation is 2. The number of hydrogen-bond donors (Lipinski definition) is 0. The number of aromatic nitrogens is 5. The smallest absolute Gasteiger partial charge is 0.253 e. The zero-order valence-electron chi connectivity index (χ0n) is 11.8. The molecule has 0 bridgehead atoms. The zero-order chi connectivity index (χ0) is 15.0. The predicted molar refractivity (Wildman–Crippen MR) is 78.1 cm³/mol. The van der Waals surface area contributed by atoms with Crippen LogP contribution in [0.25, 0.3) is 5.78 Å². The molecule has 0 spiro atoms. The molecule has 6 nitrogen and oxygen atoms in total. The highest BCUT2D eigenvalue weighted by molar-refractivity contribution is 7.99. The van der Waals surface area contributed by atoms with Gasteiger partial charge >= 0.3 is 0 Å². The van der Waals surface area contributed by atoms with Crippen molar-refractivity contribution in [3.8, 4) is 6.07 Å². The highest BCUT2D eigenvalue weighted by Crippen LogP contribution is 2.27. The standard InChI is InChI=1S/C14H12N6S/c1-8-9(2)17-13-18-14(19-20(13)10(8)3)21-12-4-5-16-7-11(12)6-15/h4-5,7H,1-3H3. The van der Waals surface area contributed by atoms with Gasteiger partial charge in [-0.15, -0.1) is 5.10 Å². The van der Waals surface area contributed by atoms with Gasteiger partial charge in [-0.2, -0.15) is 10.2 Å². The van der Waals surface area contributed by atoms with Gasteiger partial charge in [0, 0.05) is 28.7 Å². The number of rotatable bonds is 2. The lowest BCUT2D eigenvalue weighted by atomic mass is 10.2. The van der Waals surface area contributed by atoms with Crippen LogP contribution in [0.2, 0.25) is 0 Å². The number of nitrogens with zero attached hydrogens (tertiary/aromatic N) is 6. The highest BCUT2D eigenvalue weighted by Gasteiger charge is 2.13. The van der Waals surface area contributed by atoms with Crippen LogP contribution in [0.3, 0.4) is 0 Å². The average Bonchev–Trinajstić information content (AvgIpc) is 2.88. The molecule has 0 amide bonds. The molecule has 0 saturated heterocycles. The second-order valence-corrected chi connectivity index (χ2v) is 5.61. The van der Waals surface area contributed by atoms with Crippen molar-refractivity contribution in [1.29, 1.82) is 5.26 Å². The number of nitriles is 1. The Morgan fingerprint density at radius 3 is 2.81 bits per heavy atom. The molecule has 0 aromatic carbocycles. The van der Waals surface area contributed by atoms with E-state index in [2.05, 4.69) is 26.1 Å². The van der Waals surface area contributed by atoms with Gasteiger partial charge in [0.05, 0.1) is 5.56 Å². The molecule has 3 aromatic rings. The summed E-state index contributed by atoms with van der Waals surface area (Å²) in [4.78, 5) is 13.6. The molecule has 0 unspecified atom stereocenters. The van der Waals surface area contributed by atoms with E-state index in [9.17, 15) is 0 Å². The van der Waals surface area contributed by atoms with Crippen molar-refractivity contribution in [2.24, 2.45) is 0 Å². The summed E-state index contributed by atoms with van der Waals surface area (Å²) in [6.07, 6.45) is 3.19. The lowest BCUT2D eigenvalue weighted by molar-refractivity contribution is 0.832. The molecule has 104 valence electrons. The van der Waals surface area contributed by atoms with Gasteiger partial charge in [-0.3, -0.25) is 4.98 Å². The van der Waals surface area contributed by atoms with Crippen LogP contribution >= 0.6 is 11.8 Å². The van der Waals surface area contributed by atoms with Gasteiger partial charge in [0.25, 0.3) is 5.78 Å². The molecule has 7 heteroatoms. The first-order chi connectivity index (χ1) is 10.1. The summed E-state index contributed by atoms with van der Waals surface area (Å²) in [5.74, 6) is 0.575. The molecule has 21 heavy (non-hydrogen) atoms. The van der Waals surface area contributed by atoms with Crippen LogP contribution in [0.5, 0.6) is 0 Å². The van der Waals surface area contributed by atoms with Crippen LogP contribution in [-0.4, -0.2) is 24.6 Å². The SMILES string of the molecule is Cc1nc2nc(Sc3ccncc3C#N)nn2c(C)c1C. The topological polar surface area (TPSA) is 79.8 Å². The lowest BCUT2D eigenvalue weighted by Gasteiger charge is -2.04. The number of fused-ring (bicyclic) bond motifs is 1. The van der Waals surface area contributed by atoms with Crippen LogP contribution < -0.4 is 0 Å². The van der Waals surface area contributed by atoms with E-state index in [-0.39, 0.29) is 0 Å². The molecule has 0 fully saturated rings. The van der Waals surface area contributed by atoms with Gasteiger partial charge in [-0.1, -0.05) is 0 Å². The van der Waals surface area contributed by atoms with Crippen LogP contribution in [0.4, 0.5) is 0 Å². The monoisotopic (exact) mass is 296 g/mol. The van der Waals surface area contributed by atoms with Gasteiger partial charge in [0.1, 0.15) is 6.07 Å². The fraction of sp³-hybridized carbons (Fsp3) is 0.214. The minimum absolute atomic E-state index is 0.512. The second kappa shape index (κ2) is 5.14. The van der Waals surface area contributed by atoms with E-state index in [1.54, 1.807) is 16.8 Å². The van der Waals surface area contributed by atoms with E-state index in [4.69, 9.17) is 5.26 Å². The highest BCUT2D eigenvalue weighted by atomic mass is 32.2. The Hall–Kier alpha value is -2.46. The van der Waals surface area contributed by atoms with Crippen molar-refractivity contribution in [3.63, 3.8) is 0 Å². The summed E-state index contributed by atoms with van der Waals surface area (Å²) < 4.78 is 1.73. The first kappa shape index (κ1) is 13.5. The van der Waals surface area contributed by atoms with Crippen molar-refractivity contribution in [2.45, 2.75) is 30.8 Å². The fourth-order valence-electron chi connectivity index (χ4n) is 1.93. The summed E-state index contributed by atoms with van der Waals surface area (Å²) >= 11 is 1.34. The Bertz CT molecular complexity index is 877. The maximum atomic E-state index is 9.09. The fourth-order valence-corrected chi connectivity index (χ4v) is 2.72. The third-order valence-electron chi connectivity index (χ3n) is 3.34.